The van der Waals surface area contributed by atoms with Gasteiger partial charge in [-0.15, -0.1) is 0 Å². The number of nitrogen functional groups attached to an aromatic ring is 1. The molecule has 2 rings (SSSR count). The first kappa shape index (κ1) is 11.3. The van der Waals surface area contributed by atoms with Crippen molar-refractivity contribution in [3.8, 4) is 11.6 Å². The van der Waals surface area contributed by atoms with E-state index >= 15 is 0 Å². The van der Waals surface area contributed by atoms with E-state index in [2.05, 4.69) is 15.4 Å². The molecule has 0 spiro atoms. The summed E-state index contributed by atoms with van der Waals surface area (Å²) in [4.78, 5) is 8.07. The van der Waals surface area contributed by atoms with Crippen molar-refractivity contribution in [2.24, 2.45) is 5.84 Å². The molecule has 0 unspecified atom stereocenters. The maximum atomic E-state index is 5.69. The average molecular weight is 230 g/mol. The van der Waals surface area contributed by atoms with Crippen molar-refractivity contribution in [2.75, 3.05) is 5.43 Å². The van der Waals surface area contributed by atoms with E-state index in [0.29, 0.717) is 11.7 Å². The number of aryl methyl sites for hydroxylation is 1. The summed E-state index contributed by atoms with van der Waals surface area (Å²) in [6.07, 6.45) is 1.41. The standard InChI is InChI=1S/C12H14N4O/c1-8-4-3-5-10(6-8)17-12-9(2)11(16-13)14-7-15-12/h3-7H,13H2,1-2H3,(H,14,15,16). The third kappa shape index (κ3) is 2.51. The van der Waals surface area contributed by atoms with E-state index in [0.717, 1.165) is 16.9 Å². The Kier molecular flexibility index (Phi) is 3.20. The van der Waals surface area contributed by atoms with Gasteiger partial charge in [0.1, 0.15) is 17.9 Å². The van der Waals surface area contributed by atoms with E-state index in [-0.39, 0.29) is 0 Å². The first-order chi connectivity index (χ1) is 8.20. The second-order valence-electron chi connectivity index (χ2n) is 3.72. The molecule has 0 saturated carbocycles. The first-order valence-electron chi connectivity index (χ1n) is 5.23. The van der Waals surface area contributed by atoms with E-state index in [9.17, 15) is 0 Å². The molecule has 1 aromatic heterocycles. The van der Waals surface area contributed by atoms with Crippen molar-refractivity contribution in [3.05, 3.63) is 41.7 Å². The Labute approximate surface area is 99.6 Å². The van der Waals surface area contributed by atoms with Crippen LogP contribution in [0.5, 0.6) is 11.6 Å². The maximum Gasteiger partial charge on any atom is 0.227 e. The van der Waals surface area contributed by atoms with Crippen molar-refractivity contribution in [1.29, 1.82) is 0 Å². The minimum absolute atomic E-state index is 0.499. The molecule has 0 atom stereocenters. The Morgan fingerprint density at radius 3 is 2.76 bits per heavy atom. The molecular formula is C12H14N4O. The first-order valence-corrected chi connectivity index (χ1v) is 5.23. The highest BCUT2D eigenvalue weighted by atomic mass is 16.5. The molecule has 5 heteroatoms. The van der Waals surface area contributed by atoms with Crippen LogP contribution >= 0.6 is 0 Å². The van der Waals surface area contributed by atoms with Gasteiger partial charge in [-0.25, -0.2) is 15.8 Å². The zero-order valence-electron chi connectivity index (χ0n) is 9.77. The molecule has 0 fully saturated rings. The van der Waals surface area contributed by atoms with E-state index in [1.807, 2.05) is 38.1 Å². The van der Waals surface area contributed by atoms with Crippen LogP contribution in [0.2, 0.25) is 0 Å². The summed E-state index contributed by atoms with van der Waals surface area (Å²) in [6.45, 7) is 3.85. The number of hydrogen-bond acceptors (Lipinski definition) is 5. The van der Waals surface area contributed by atoms with Gasteiger partial charge in [-0.2, -0.15) is 0 Å². The molecule has 0 aliphatic heterocycles. The minimum atomic E-state index is 0.499. The van der Waals surface area contributed by atoms with Crippen LogP contribution in [0.1, 0.15) is 11.1 Å². The molecule has 3 N–H and O–H groups in total. The van der Waals surface area contributed by atoms with Crippen LogP contribution in [0.15, 0.2) is 30.6 Å². The Bertz CT molecular complexity index is 528. The molecule has 1 heterocycles. The highest BCUT2D eigenvalue weighted by Crippen LogP contribution is 2.25. The fourth-order valence-electron chi connectivity index (χ4n) is 1.47. The summed E-state index contributed by atoms with van der Waals surface area (Å²) < 4.78 is 5.69. The lowest BCUT2D eigenvalue weighted by Crippen LogP contribution is -2.11. The van der Waals surface area contributed by atoms with Crippen LogP contribution in [0.4, 0.5) is 5.82 Å². The van der Waals surface area contributed by atoms with Crippen LogP contribution in [0.3, 0.4) is 0 Å². The number of anilines is 1. The monoisotopic (exact) mass is 230 g/mol. The van der Waals surface area contributed by atoms with Gasteiger partial charge >= 0.3 is 0 Å². The van der Waals surface area contributed by atoms with Gasteiger partial charge in [0, 0.05) is 0 Å². The van der Waals surface area contributed by atoms with E-state index in [1.165, 1.54) is 6.33 Å². The summed E-state index contributed by atoms with van der Waals surface area (Å²) in [5, 5.41) is 0. The van der Waals surface area contributed by atoms with Gasteiger partial charge in [0.15, 0.2) is 0 Å². The summed E-state index contributed by atoms with van der Waals surface area (Å²) in [5.41, 5.74) is 4.41. The molecule has 0 amide bonds. The van der Waals surface area contributed by atoms with Crippen LogP contribution in [0.25, 0.3) is 0 Å². The maximum absolute atomic E-state index is 5.69. The normalized spacial score (nSPS) is 10.1. The smallest absolute Gasteiger partial charge is 0.227 e. The highest BCUT2D eigenvalue weighted by Gasteiger charge is 2.07. The molecule has 88 valence electrons. The molecular weight excluding hydrogens is 216 g/mol. The van der Waals surface area contributed by atoms with Gasteiger partial charge in [0.2, 0.25) is 5.88 Å². The second kappa shape index (κ2) is 4.80. The van der Waals surface area contributed by atoms with Gasteiger partial charge in [-0.05, 0) is 31.5 Å². The van der Waals surface area contributed by atoms with Crippen LogP contribution < -0.4 is 16.0 Å². The Balaban J connectivity index is 2.30. The predicted molar refractivity (Wildman–Crippen MR) is 65.8 cm³/mol. The van der Waals surface area contributed by atoms with Gasteiger partial charge in [-0.3, -0.25) is 0 Å². The number of hydrogen-bond donors (Lipinski definition) is 2. The van der Waals surface area contributed by atoms with E-state index in [4.69, 9.17) is 10.6 Å². The van der Waals surface area contributed by atoms with Crippen molar-refractivity contribution in [2.45, 2.75) is 13.8 Å². The Hall–Kier alpha value is -2.14. The number of nitrogens with two attached hydrogens (primary N) is 1. The van der Waals surface area contributed by atoms with Crippen molar-refractivity contribution >= 4 is 5.82 Å². The number of ether oxygens (including phenoxy) is 1. The quantitative estimate of drug-likeness (QED) is 0.624. The predicted octanol–water partition coefficient (Wildman–Crippen LogP) is 2.17. The SMILES string of the molecule is Cc1cccc(Oc2ncnc(NN)c2C)c1. The van der Waals surface area contributed by atoms with Crippen molar-refractivity contribution < 1.29 is 4.74 Å². The number of rotatable bonds is 3. The Morgan fingerprint density at radius 1 is 1.24 bits per heavy atom. The molecule has 0 bridgehead atoms. The number of aromatic nitrogens is 2. The van der Waals surface area contributed by atoms with Gasteiger partial charge < -0.3 is 10.2 Å². The van der Waals surface area contributed by atoms with Gasteiger partial charge in [-0.1, -0.05) is 12.1 Å². The fourth-order valence-corrected chi connectivity index (χ4v) is 1.47. The molecule has 0 aliphatic carbocycles. The summed E-state index contributed by atoms with van der Waals surface area (Å²) >= 11 is 0. The molecule has 0 saturated heterocycles. The molecule has 17 heavy (non-hydrogen) atoms. The summed E-state index contributed by atoms with van der Waals surface area (Å²) in [6, 6.07) is 7.76. The van der Waals surface area contributed by atoms with E-state index < -0.39 is 0 Å². The number of benzene rings is 1. The number of nitrogens with zero attached hydrogens (tertiary/aromatic N) is 2. The lowest BCUT2D eigenvalue weighted by atomic mass is 10.2. The van der Waals surface area contributed by atoms with Crippen LogP contribution in [0, 0.1) is 13.8 Å². The fraction of sp³-hybridized carbons (Fsp3) is 0.167. The highest BCUT2D eigenvalue weighted by molar-refractivity contribution is 5.47. The van der Waals surface area contributed by atoms with Gasteiger partial charge in [0.05, 0.1) is 5.56 Å². The zero-order chi connectivity index (χ0) is 12.3. The minimum Gasteiger partial charge on any atom is -0.439 e. The van der Waals surface area contributed by atoms with Gasteiger partial charge in [0.25, 0.3) is 0 Å². The summed E-state index contributed by atoms with van der Waals surface area (Å²) in [5.74, 6) is 7.14. The molecule has 1 aromatic carbocycles. The number of hydrazine groups is 1. The summed E-state index contributed by atoms with van der Waals surface area (Å²) in [7, 11) is 0. The van der Waals surface area contributed by atoms with E-state index in [1.54, 1.807) is 0 Å². The average Bonchev–Trinajstić information content (AvgIpc) is 2.32. The Morgan fingerprint density at radius 2 is 2.06 bits per heavy atom. The molecule has 0 aliphatic rings. The molecule has 2 aromatic rings. The lowest BCUT2D eigenvalue weighted by Gasteiger charge is -2.10. The van der Waals surface area contributed by atoms with Crippen LogP contribution in [-0.2, 0) is 0 Å². The van der Waals surface area contributed by atoms with Crippen LogP contribution in [-0.4, -0.2) is 9.97 Å². The molecule has 5 nitrogen and oxygen atoms in total. The van der Waals surface area contributed by atoms with Crippen molar-refractivity contribution in [3.63, 3.8) is 0 Å². The number of nitrogens with one attached hydrogen (secondary N) is 1. The second-order valence-corrected chi connectivity index (χ2v) is 3.72. The lowest BCUT2D eigenvalue weighted by molar-refractivity contribution is 0.457. The molecule has 0 radical (unpaired) electrons. The third-order valence-corrected chi connectivity index (χ3v) is 2.38. The largest absolute Gasteiger partial charge is 0.439 e. The topological polar surface area (TPSA) is 73.1 Å². The third-order valence-electron chi connectivity index (χ3n) is 2.38. The zero-order valence-corrected chi connectivity index (χ0v) is 9.77. The van der Waals surface area contributed by atoms with Crippen molar-refractivity contribution in [1.82, 2.24) is 9.97 Å².